The van der Waals surface area contributed by atoms with Crippen LogP contribution in [0.25, 0.3) is 11.2 Å². The SMILES string of the molecule is C[S+](CC[C@H](N)C(=O)[O-])C[C@H]1O[C@@H](n2cnc3c(N)ncnc32)[C@H](O)[C@@H]1O.[I-].[Li+]. The number of carbonyl (C=O) groups is 1. The molecule has 29 heavy (non-hydrogen) atoms. The molecular weight excluding hydrogens is 510 g/mol. The van der Waals surface area contributed by atoms with Gasteiger partial charge in [-0.1, -0.05) is 0 Å². The number of aliphatic hydroxyl groups excluding tert-OH is 2. The van der Waals surface area contributed by atoms with Gasteiger partial charge in [0.05, 0.1) is 18.6 Å². The number of carboxylic acid groups (broad SMARTS) is 1. The number of nitrogens with zero attached hydrogens (tertiary/aromatic N) is 4. The van der Waals surface area contributed by atoms with E-state index in [0.29, 0.717) is 22.7 Å². The molecule has 0 bridgehead atoms. The molecule has 0 aliphatic carbocycles. The molecule has 0 aromatic carbocycles. The first-order valence-electron chi connectivity index (χ1n) is 8.29. The summed E-state index contributed by atoms with van der Waals surface area (Å²) in [6, 6.07) is -1.02. The van der Waals surface area contributed by atoms with Crippen molar-refractivity contribution in [2.45, 2.75) is 37.0 Å². The first kappa shape index (κ1) is 26.4. The topological polar surface area (TPSA) is 185 Å². The predicted octanol–water partition coefficient (Wildman–Crippen LogP) is -9.25. The molecule has 1 aliphatic rings. The van der Waals surface area contributed by atoms with Gasteiger partial charge in [-0.25, -0.2) is 15.0 Å². The fourth-order valence-electron chi connectivity index (χ4n) is 2.96. The fourth-order valence-corrected chi connectivity index (χ4v) is 4.62. The van der Waals surface area contributed by atoms with Crippen molar-refractivity contribution in [2.75, 3.05) is 23.5 Å². The molecule has 0 amide bonds. The first-order valence-corrected chi connectivity index (χ1v) is 10.3. The molecule has 1 fully saturated rings. The van der Waals surface area contributed by atoms with Gasteiger partial charge < -0.3 is 60.3 Å². The third-order valence-corrected chi connectivity index (χ3v) is 6.36. The zero-order valence-corrected chi connectivity index (χ0v) is 19.0. The average molecular weight is 532 g/mol. The standard InChI is InChI=1S/C15H22N6O5S.HI.Li/c1-27(3-2-7(16)15(24)25)4-8-10(22)11(23)14(26-8)21-6-20-9-12(17)18-5-19-13(9)21;;/h5-8,10-11,14,22-23H,2-4,16H2,1H3,(H2-,17,18,19,24,25);1H;/q;;+1/p-1/t7-,8+,10+,11+,14+,27?;;/m0../s1. The third kappa shape index (κ3) is 5.73. The number of carbonyl (C=O) groups excluding carboxylic acids is 1. The number of nitrogens with two attached hydrogens (primary N) is 2. The van der Waals surface area contributed by atoms with E-state index in [-0.39, 0.29) is 66.0 Å². The molecule has 14 heteroatoms. The van der Waals surface area contributed by atoms with Gasteiger partial charge >= 0.3 is 18.9 Å². The Kier molecular flexibility index (Phi) is 10.1. The number of aliphatic hydroxyl groups is 2. The quantitative estimate of drug-likeness (QED) is 0.152. The summed E-state index contributed by atoms with van der Waals surface area (Å²) in [5, 5.41) is 31.5. The minimum atomic E-state index is -1.28. The Bertz CT molecular complexity index is 832. The van der Waals surface area contributed by atoms with E-state index < -0.39 is 36.6 Å². The Hall–Kier alpha value is -0.663. The molecule has 2 aromatic rings. The first-order chi connectivity index (χ1) is 12.8. The molecular formula is C15H22ILiN6O5S. The summed E-state index contributed by atoms with van der Waals surface area (Å²) in [5.74, 6) is -0.0611. The van der Waals surface area contributed by atoms with Gasteiger partial charge in [0.2, 0.25) is 0 Å². The van der Waals surface area contributed by atoms with Crippen LogP contribution < -0.4 is 59.4 Å². The average Bonchev–Trinajstić information content (AvgIpc) is 3.17. The molecule has 6 N–H and O–H groups in total. The Morgan fingerprint density at radius 3 is 2.72 bits per heavy atom. The monoisotopic (exact) mass is 532 g/mol. The molecule has 1 saturated heterocycles. The zero-order chi connectivity index (χ0) is 19.7. The summed E-state index contributed by atoms with van der Waals surface area (Å²) in [5.41, 5.74) is 12.0. The smallest absolute Gasteiger partial charge is 1.00 e. The number of nitrogen functional groups attached to an aromatic ring is 1. The van der Waals surface area contributed by atoms with E-state index in [4.69, 9.17) is 16.2 Å². The molecule has 11 nitrogen and oxygen atoms in total. The van der Waals surface area contributed by atoms with E-state index in [0.717, 1.165) is 0 Å². The predicted molar refractivity (Wildman–Crippen MR) is 96.3 cm³/mol. The fraction of sp³-hybridized carbons (Fsp3) is 0.600. The van der Waals surface area contributed by atoms with Gasteiger partial charge in [-0.05, 0) is 10.9 Å². The van der Waals surface area contributed by atoms with E-state index in [2.05, 4.69) is 15.0 Å². The summed E-state index contributed by atoms with van der Waals surface area (Å²) in [4.78, 5) is 22.8. The maximum Gasteiger partial charge on any atom is 1.00 e. The van der Waals surface area contributed by atoms with Crippen LogP contribution in [-0.4, -0.2) is 77.8 Å². The van der Waals surface area contributed by atoms with Crippen LogP contribution >= 0.6 is 0 Å². The molecule has 1 aliphatic heterocycles. The van der Waals surface area contributed by atoms with Crippen molar-refractivity contribution in [2.24, 2.45) is 5.73 Å². The van der Waals surface area contributed by atoms with E-state index >= 15 is 0 Å². The van der Waals surface area contributed by atoms with Crippen LogP contribution in [0.3, 0.4) is 0 Å². The van der Waals surface area contributed by atoms with Gasteiger partial charge in [0, 0.05) is 12.5 Å². The van der Waals surface area contributed by atoms with Gasteiger partial charge in [0.1, 0.15) is 41.7 Å². The summed E-state index contributed by atoms with van der Waals surface area (Å²) < 4.78 is 7.39. The van der Waals surface area contributed by atoms with Crippen molar-refractivity contribution in [3.63, 3.8) is 0 Å². The number of imidazole rings is 1. The minimum absolute atomic E-state index is 0. The number of anilines is 1. The van der Waals surface area contributed by atoms with Crippen molar-refractivity contribution in [1.82, 2.24) is 19.5 Å². The molecule has 0 radical (unpaired) electrons. The number of aromatic nitrogens is 4. The van der Waals surface area contributed by atoms with E-state index in [1.807, 2.05) is 6.26 Å². The summed E-state index contributed by atoms with van der Waals surface area (Å²) >= 11 is 0. The Morgan fingerprint density at radius 2 is 2.07 bits per heavy atom. The number of aliphatic carboxylic acids is 1. The number of ether oxygens (including phenoxy) is 1. The minimum Gasteiger partial charge on any atom is -1.00 e. The van der Waals surface area contributed by atoms with Crippen LogP contribution in [0.2, 0.25) is 0 Å². The van der Waals surface area contributed by atoms with E-state index in [1.54, 1.807) is 0 Å². The van der Waals surface area contributed by atoms with Crippen LogP contribution in [0.15, 0.2) is 12.7 Å². The number of hydrogen-bond donors (Lipinski definition) is 4. The van der Waals surface area contributed by atoms with Gasteiger partial charge in [0.25, 0.3) is 0 Å². The Balaban J connectivity index is 0.00000210. The number of rotatable bonds is 7. The second kappa shape index (κ2) is 11.1. The number of halogens is 1. The summed E-state index contributed by atoms with van der Waals surface area (Å²) in [6.07, 6.45) is 1.17. The Labute approximate surface area is 199 Å². The van der Waals surface area contributed by atoms with Crippen LogP contribution in [-0.2, 0) is 20.4 Å². The second-order valence-electron chi connectivity index (χ2n) is 6.50. The number of carboxylic acids is 1. The van der Waals surface area contributed by atoms with Crippen molar-refractivity contribution in [3.05, 3.63) is 12.7 Å². The van der Waals surface area contributed by atoms with Crippen LogP contribution in [0.5, 0.6) is 0 Å². The normalized spacial score (nSPS) is 25.8. The number of fused-ring (bicyclic) bond motifs is 1. The second-order valence-corrected chi connectivity index (χ2v) is 8.80. The van der Waals surface area contributed by atoms with Gasteiger partial charge in [-0.2, -0.15) is 0 Å². The third-order valence-electron chi connectivity index (χ3n) is 4.53. The van der Waals surface area contributed by atoms with Crippen molar-refractivity contribution >= 4 is 33.8 Å². The van der Waals surface area contributed by atoms with E-state index in [1.165, 1.54) is 17.2 Å². The molecule has 0 saturated carbocycles. The van der Waals surface area contributed by atoms with Crippen LogP contribution in [0, 0.1) is 0 Å². The van der Waals surface area contributed by atoms with Crippen molar-refractivity contribution in [3.8, 4) is 0 Å². The maximum atomic E-state index is 10.7. The largest absolute Gasteiger partial charge is 1.00 e. The van der Waals surface area contributed by atoms with E-state index in [9.17, 15) is 20.1 Å². The van der Waals surface area contributed by atoms with Gasteiger partial charge in [0.15, 0.2) is 17.7 Å². The maximum absolute atomic E-state index is 10.7. The molecule has 3 heterocycles. The number of hydrogen-bond acceptors (Lipinski definition) is 10. The molecule has 2 aromatic heterocycles. The molecule has 6 atom stereocenters. The molecule has 3 rings (SSSR count). The zero-order valence-electron chi connectivity index (χ0n) is 16.0. The molecule has 0 spiro atoms. The molecule has 1 unspecified atom stereocenters. The van der Waals surface area contributed by atoms with Crippen molar-refractivity contribution in [1.29, 1.82) is 0 Å². The van der Waals surface area contributed by atoms with Crippen LogP contribution in [0.1, 0.15) is 12.6 Å². The Morgan fingerprint density at radius 1 is 1.38 bits per heavy atom. The van der Waals surface area contributed by atoms with Crippen LogP contribution in [0.4, 0.5) is 5.82 Å². The molecule has 156 valence electrons. The van der Waals surface area contributed by atoms with Gasteiger partial charge in [-0.15, -0.1) is 0 Å². The summed E-state index contributed by atoms with van der Waals surface area (Å²) in [6.45, 7) is 0. The van der Waals surface area contributed by atoms with Crippen molar-refractivity contribution < 1.29 is 67.7 Å². The van der Waals surface area contributed by atoms with Gasteiger partial charge in [-0.3, -0.25) is 4.57 Å². The summed E-state index contributed by atoms with van der Waals surface area (Å²) in [7, 11) is -0.263.